The number of fused-ring (bicyclic) bond motifs is 1. The van der Waals surface area contributed by atoms with E-state index >= 15 is 0 Å². The highest BCUT2D eigenvalue weighted by Crippen LogP contribution is 2.36. The lowest BCUT2D eigenvalue weighted by Crippen LogP contribution is -2.15. The van der Waals surface area contributed by atoms with Crippen molar-refractivity contribution in [3.8, 4) is 5.75 Å². The van der Waals surface area contributed by atoms with Crippen molar-refractivity contribution in [2.24, 2.45) is 0 Å². The van der Waals surface area contributed by atoms with Gasteiger partial charge in [0.05, 0.1) is 19.3 Å². The maximum atomic E-state index is 9.49. The molecule has 0 spiro atoms. The second-order valence-electron chi connectivity index (χ2n) is 5.30. The van der Waals surface area contributed by atoms with E-state index in [1.807, 2.05) is 36.5 Å². The first-order valence-electron chi connectivity index (χ1n) is 7.51. The molecule has 21 heavy (non-hydrogen) atoms. The van der Waals surface area contributed by atoms with Gasteiger partial charge < -0.3 is 15.2 Å². The molecule has 1 aliphatic carbocycles. The van der Waals surface area contributed by atoms with E-state index in [9.17, 15) is 5.11 Å². The first-order chi connectivity index (χ1) is 10.3. The maximum Gasteiger partial charge on any atom is 0.124 e. The van der Waals surface area contributed by atoms with Gasteiger partial charge in [0.15, 0.2) is 0 Å². The molecule has 0 amide bonds. The quantitative estimate of drug-likeness (QED) is 0.872. The Kier molecular flexibility index (Phi) is 4.46. The molecule has 0 bridgehead atoms. The van der Waals surface area contributed by atoms with Crippen LogP contribution < -0.4 is 10.1 Å². The number of ether oxygens (including phenoxy) is 1. The molecule has 0 fully saturated rings. The monoisotopic (exact) mass is 303 g/mol. The van der Waals surface area contributed by atoms with Gasteiger partial charge in [-0.3, -0.25) is 0 Å². The summed E-state index contributed by atoms with van der Waals surface area (Å²) >= 11 is 1.86. The van der Waals surface area contributed by atoms with E-state index in [0.29, 0.717) is 12.6 Å². The van der Waals surface area contributed by atoms with Crippen LogP contribution in [0.1, 0.15) is 41.8 Å². The highest BCUT2D eigenvalue weighted by atomic mass is 32.1. The number of thiophene rings is 1. The average molecular weight is 303 g/mol. The zero-order valence-corrected chi connectivity index (χ0v) is 13.1. The first-order valence-corrected chi connectivity index (χ1v) is 8.39. The van der Waals surface area contributed by atoms with Gasteiger partial charge in [-0.25, -0.2) is 0 Å². The standard InChI is InChI=1S/C17H21NO2S/c1-2-20-16-7-6-13(10-12(16)11-19)18-15-4-3-5-17-14(15)8-9-21-17/h6-10,15,18-19H,2-5,11H2,1H3. The normalized spacial score (nSPS) is 17.3. The van der Waals surface area contributed by atoms with Crippen molar-refractivity contribution in [1.82, 2.24) is 0 Å². The molecule has 0 aliphatic heterocycles. The van der Waals surface area contributed by atoms with Crippen molar-refractivity contribution in [3.63, 3.8) is 0 Å². The Balaban J connectivity index is 1.80. The molecular formula is C17H21NO2S. The number of hydrogen-bond donors (Lipinski definition) is 2. The van der Waals surface area contributed by atoms with E-state index in [2.05, 4.69) is 16.8 Å². The van der Waals surface area contributed by atoms with Crippen molar-refractivity contribution in [2.75, 3.05) is 11.9 Å². The fourth-order valence-corrected chi connectivity index (χ4v) is 3.91. The molecule has 3 rings (SSSR count). The van der Waals surface area contributed by atoms with Crippen LogP contribution in [0.5, 0.6) is 5.75 Å². The average Bonchev–Trinajstić information content (AvgIpc) is 2.98. The molecule has 4 heteroatoms. The van der Waals surface area contributed by atoms with Crippen LogP contribution in [-0.2, 0) is 13.0 Å². The third-order valence-electron chi connectivity index (χ3n) is 3.92. The van der Waals surface area contributed by atoms with Crippen LogP contribution in [0.25, 0.3) is 0 Å². The summed E-state index contributed by atoms with van der Waals surface area (Å²) < 4.78 is 5.53. The van der Waals surface area contributed by atoms with Gasteiger partial charge in [0, 0.05) is 16.1 Å². The predicted octanol–water partition coefficient (Wildman–Crippen LogP) is 4.13. The third-order valence-corrected chi connectivity index (χ3v) is 4.92. The van der Waals surface area contributed by atoms with Crippen molar-refractivity contribution >= 4 is 17.0 Å². The van der Waals surface area contributed by atoms with Gasteiger partial charge in [-0.15, -0.1) is 11.3 Å². The lowest BCUT2D eigenvalue weighted by molar-refractivity contribution is 0.267. The summed E-state index contributed by atoms with van der Waals surface area (Å²) in [5.41, 5.74) is 3.32. The zero-order valence-electron chi connectivity index (χ0n) is 12.3. The molecule has 112 valence electrons. The second kappa shape index (κ2) is 6.50. The minimum atomic E-state index is -0.000773. The van der Waals surface area contributed by atoms with Crippen LogP contribution in [0.2, 0.25) is 0 Å². The molecule has 2 N–H and O–H groups in total. The number of aliphatic hydroxyl groups excluding tert-OH is 1. The van der Waals surface area contributed by atoms with Gasteiger partial charge in [-0.1, -0.05) is 0 Å². The molecular weight excluding hydrogens is 282 g/mol. The minimum absolute atomic E-state index is 0.000773. The predicted molar refractivity (Wildman–Crippen MR) is 87.2 cm³/mol. The highest BCUT2D eigenvalue weighted by molar-refractivity contribution is 7.10. The molecule has 0 saturated carbocycles. The smallest absolute Gasteiger partial charge is 0.124 e. The summed E-state index contributed by atoms with van der Waals surface area (Å²) in [6, 6.07) is 8.58. The number of anilines is 1. The number of benzene rings is 1. The van der Waals surface area contributed by atoms with E-state index in [0.717, 1.165) is 23.4 Å². The van der Waals surface area contributed by atoms with Gasteiger partial charge in [0.1, 0.15) is 5.75 Å². The van der Waals surface area contributed by atoms with Gasteiger partial charge >= 0.3 is 0 Å². The van der Waals surface area contributed by atoms with Gasteiger partial charge in [-0.05, 0) is 61.4 Å². The maximum absolute atomic E-state index is 9.49. The van der Waals surface area contributed by atoms with Crippen molar-refractivity contribution in [1.29, 1.82) is 0 Å². The Morgan fingerprint density at radius 2 is 2.29 bits per heavy atom. The van der Waals surface area contributed by atoms with Gasteiger partial charge in [-0.2, -0.15) is 0 Å². The van der Waals surface area contributed by atoms with Crippen molar-refractivity contribution in [2.45, 2.75) is 38.8 Å². The highest BCUT2D eigenvalue weighted by Gasteiger charge is 2.21. The summed E-state index contributed by atoms with van der Waals surface area (Å²) in [6.45, 7) is 2.56. The van der Waals surface area contributed by atoms with E-state index in [-0.39, 0.29) is 6.61 Å². The van der Waals surface area contributed by atoms with E-state index in [4.69, 9.17) is 4.74 Å². The Morgan fingerprint density at radius 1 is 1.38 bits per heavy atom. The van der Waals surface area contributed by atoms with E-state index < -0.39 is 0 Å². The van der Waals surface area contributed by atoms with Crippen LogP contribution in [-0.4, -0.2) is 11.7 Å². The molecule has 3 nitrogen and oxygen atoms in total. The lowest BCUT2D eigenvalue weighted by atomic mass is 9.94. The topological polar surface area (TPSA) is 41.5 Å². The van der Waals surface area contributed by atoms with Crippen LogP contribution in [0.3, 0.4) is 0 Å². The fourth-order valence-electron chi connectivity index (χ4n) is 2.93. The van der Waals surface area contributed by atoms with Crippen molar-refractivity contribution in [3.05, 3.63) is 45.6 Å². The largest absolute Gasteiger partial charge is 0.494 e. The molecule has 1 atom stereocenters. The molecule has 1 heterocycles. The molecule has 0 radical (unpaired) electrons. The van der Waals surface area contributed by atoms with Crippen LogP contribution >= 0.6 is 11.3 Å². The summed E-state index contributed by atoms with van der Waals surface area (Å²) in [6.07, 6.45) is 3.59. The number of rotatable bonds is 5. The Labute approximate surface area is 129 Å². The summed E-state index contributed by atoms with van der Waals surface area (Å²) in [4.78, 5) is 1.51. The summed E-state index contributed by atoms with van der Waals surface area (Å²) in [5.74, 6) is 0.769. The van der Waals surface area contributed by atoms with Crippen LogP contribution in [0.15, 0.2) is 29.6 Å². The van der Waals surface area contributed by atoms with E-state index in [1.54, 1.807) is 0 Å². The number of hydrogen-bond acceptors (Lipinski definition) is 4. The minimum Gasteiger partial charge on any atom is -0.494 e. The zero-order chi connectivity index (χ0) is 14.7. The summed E-state index contributed by atoms with van der Waals surface area (Å²) in [5, 5.41) is 15.3. The first kappa shape index (κ1) is 14.4. The van der Waals surface area contributed by atoms with Gasteiger partial charge in [0.25, 0.3) is 0 Å². The third kappa shape index (κ3) is 3.06. The SMILES string of the molecule is CCOc1ccc(NC2CCCc3sccc32)cc1CO. The second-order valence-corrected chi connectivity index (χ2v) is 6.30. The fraction of sp³-hybridized carbons (Fsp3) is 0.412. The number of aryl methyl sites for hydroxylation is 1. The Hall–Kier alpha value is -1.52. The molecule has 2 aromatic rings. The van der Waals surface area contributed by atoms with Crippen LogP contribution in [0, 0.1) is 0 Å². The van der Waals surface area contributed by atoms with Gasteiger partial charge in [0.2, 0.25) is 0 Å². The number of nitrogens with one attached hydrogen (secondary N) is 1. The Morgan fingerprint density at radius 3 is 3.10 bits per heavy atom. The lowest BCUT2D eigenvalue weighted by Gasteiger charge is -2.25. The van der Waals surface area contributed by atoms with Crippen molar-refractivity contribution < 1.29 is 9.84 Å². The summed E-state index contributed by atoms with van der Waals surface area (Å²) in [7, 11) is 0. The molecule has 1 aliphatic rings. The molecule has 1 aromatic carbocycles. The van der Waals surface area contributed by atoms with Crippen LogP contribution in [0.4, 0.5) is 5.69 Å². The van der Waals surface area contributed by atoms with E-state index in [1.165, 1.54) is 23.3 Å². The number of aliphatic hydroxyl groups is 1. The molecule has 1 unspecified atom stereocenters. The molecule has 1 aromatic heterocycles. The Bertz CT molecular complexity index is 609. The molecule has 0 saturated heterocycles.